The molecule has 2 aliphatic rings. The van der Waals surface area contributed by atoms with E-state index in [9.17, 15) is 4.79 Å². The van der Waals surface area contributed by atoms with E-state index in [0.717, 1.165) is 72.9 Å². The molecule has 33 heavy (non-hydrogen) atoms. The molecule has 2 aromatic heterocycles. The summed E-state index contributed by atoms with van der Waals surface area (Å²) in [6.45, 7) is 0.939. The third-order valence-corrected chi connectivity index (χ3v) is 6.45. The summed E-state index contributed by atoms with van der Waals surface area (Å²) in [6.07, 6.45) is 6.76. The lowest BCUT2D eigenvalue weighted by Crippen LogP contribution is -2.17. The molecule has 4 aromatic rings. The zero-order chi connectivity index (χ0) is 22.2. The van der Waals surface area contributed by atoms with Crippen molar-refractivity contribution in [3.05, 3.63) is 77.9 Å². The first-order valence-electron chi connectivity index (χ1n) is 11.8. The number of nitrogens with one attached hydrogen (secondary N) is 1. The van der Waals surface area contributed by atoms with Gasteiger partial charge in [0.15, 0.2) is 5.82 Å². The molecule has 1 N–H and O–H groups in total. The minimum Gasteiger partial charge on any atom is -0.321 e. The first kappa shape index (κ1) is 19.9. The summed E-state index contributed by atoms with van der Waals surface area (Å²) < 4.78 is 3.98. The Kier molecular flexibility index (Phi) is 5.02. The van der Waals surface area contributed by atoms with Crippen molar-refractivity contribution in [2.75, 3.05) is 5.32 Å². The number of aryl methyl sites for hydroxylation is 1. The fourth-order valence-corrected chi connectivity index (χ4v) is 4.54. The molecule has 1 saturated carbocycles. The topological polar surface area (TPSA) is 77.6 Å². The molecule has 0 atom stereocenters. The lowest BCUT2D eigenvalue weighted by Gasteiger charge is -2.10. The second kappa shape index (κ2) is 8.31. The number of anilines is 1. The fourth-order valence-electron chi connectivity index (χ4n) is 4.54. The van der Waals surface area contributed by atoms with Crippen LogP contribution in [0.3, 0.4) is 0 Å². The number of carbonyl (C=O) groups is 1. The summed E-state index contributed by atoms with van der Waals surface area (Å²) in [6, 6.07) is 19.6. The third-order valence-electron chi connectivity index (χ3n) is 6.45. The second-order valence-corrected chi connectivity index (χ2v) is 8.91. The predicted molar refractivity (Wildman–Crippen MR) is 127 cm³/mol. The molecule has 7 nitrogen and oxygen atoms in total. The Balaban J connectivity index is 1.30. The van der Waals surface area contributed by atoms with Crippen molar-refractivity contribution in [3.8, 4) is 17.1 Å². The van der Waals surface area contributed by atoms with Gasteiger partial charge in [-0.2, -0.15) is 5.10 Å². The van der Waals surface area contributed by atoms with Gasteiger partial charge in [0.2, 0.25) is 0 Å². The van der Waals surface area contributed by atoms with Crippen LogP contribution in [0.15, 0.2) is 60.7 Å². The molecule has 3 heterocycles. The van der Waals surface area contributed by atoms with Crippen molar-refractivity contribution >= 4 is 11.6 Å². The molecule has 7 heteroatoms. The highest BCUT2D eigenvalue weighted by molar-refractivity contribution is 6.03. The molecule has 166 valence electrons. The summed E-state index contributed by atoms with van der Waals surface area (Å²) >= 11 is 0. The van der Waals surface area contributed by atoms with E-state index in [2.05, 4.69) is 20.1 Å². The van der Waals surface area contributed by atoms with E-state index in [-0.39, 0.29) is 5.91 Å². The van der Waals surface area contributed by atoms with Crippen LogP contribution in [0, 0.1) is 0 Å². The van der Waals surface area contributed by atoms with E-state index in [1.54, 1.807) is 4.68 Å². The van der Waals surface area contributed by atoms with E-state index in [1.807, 2.05) is 60.7 Å². The van der Waals surface area contributed by atoms with Crippen LogP contribution in [0.1, 0.15) is 60.0 Å². The highest BCUT2D eigenvalue weighted by atomic mass is 16.2. The number of benzene rings is 2. The summed E-state index contributed by atoms with van der Waals surface area (Å²) in [7, 11) is 0. The molecule has 2 aromatic carbocycles. The van der Waals surface area contributed by atoms with E-state index >= 15 is 0 Å². The molecular formula is C26H26N6O. The van der Waals surface area contributed by atoms with Crippen molar-refractivity contribution in [2.24, 2.45) is 0 Å². The second-order valence-electron chi connectivity index (χ2n) is 8.91. The number of para-hydroxylation sites is 1. The zero-order valence-electron chi connectivity index (χ0n) is 18.4. The Labute approximate surface area is 192 Å². The molecule has 0 radical (unpaired) electrons. The van der Waals surface area contributed by atoms with Gasteiger partial charge >= 0.3 is 0 Å². The first-order valence-corrected chi connectivity index (χ1v) is 11.8. The van der Waals surface area contributed by atoms with Gasteiger partial charge in [0.05, 0.1) is 11.4 Å². The number of hydrogen-bond acceptors (Lipinski definition) is 4. The molecule has 1 fully saturated rings. The maximum atomic E-state index is 13.3. The van der Waals surface area contributed by atoms with Crippen LogP contribution in [-0.4, -0.2) is 30.5 Å². The van der Waals surface area contributed by atoms with Crippen molar-refractivity contribution in [1.29, 1.82) is 0 Å². The number of amides is 1. The van der Waals surface area contributed by atoms with Crippen LogP contribution in [0.5, 0.6) is 0 Å². The maximum absolute atomic E-state index is 13.3. The van der Waals surface area contributed by atoms with E-state index in [1.165, 1.54) is 6.42 Å². The molecule has 1 aliphatic heterocycles. The minimum atomic E-state index is -0.171. The van der Waals surface area contributed by atoms with Gasteiger partial charge in [-0.05, 0) is 56.0 Å². The van der Waals surface area contributed by atoms with Gasteiger partial charge in [0.1, 0.15) is 11.5 Å². The van der Waals surface area contributed by atoms with Gasteiger partial charge in [-0.1, -0.05) is 36.8 Å². The minimum absolute atomic E-state index is 0.171. The van der Waals surface area contributed by atoms with Crippen LogP contribution in [-0.2, 0) is 13.0 Å². The molecule has 0 bridgehead atoms. The van der Waals surface area contributed by atoms with Crippen LogP contribution in [0.4, 0.5) is 5.69 Å². The smallest absolute Gasteiger partial charge is 0.274 e. The summed E-state index contributed by atoms with van der Waals surface area (Å²) in [5.74, 6) is 2.22. The zero-order valence-corrected chi connectivity index (χ0v) is 18.4. The number of nitrogens with zero attached hydrogens (tertiary/aromatic N) is 5. The van der Waals surface area contributed by atoms with Crippen LogP contribution in [0.2, 0.25) is 0 Å². The Morgan fingerprint density at radius 1 is 0.939 bits per heavy atom. The average Bonchev–Trinajstić information content (AvgIpc) is 3.54. The van der Waals surface area contributed by atoms with Gasteiger partial charge in [-0.15, -0.1) is 10.2 Å². The molecule has 1 aliphatic carbocycles. The Morgan fingerprint density at radius 2 is 1.82 bits per heavy atom. The molecule has 1 amide bonds. The lowest BCUT2D eigenvalue weighted by molar-refractivity contribution is 0.101. The van der Waals surface area contributed by atoms with E-state index < -0.39 is 0 Å². The van der Waals surface area contributed by atoms with Crippen molar-refractivity contribution in [1.82, 2.24) is 24.5 Å². The van der Waals surface area contributed by atoms with Gasteiger partial charge in [0.25, 0.3) is 5.91 Å². The molecule has 0 spiro atoms. The van der Waals surface area contributed by atoms with Crippen molar-refractivity contribution in [2.45, 2.75) is 51.0 Å². The summed E-state index contributed by atoms with van der Waals surface area (Å²) in [5, 5.41) is 16.7. The normalized spacial score (nSPS) is 15.6. The van der Waals surface area contributed by atoms with Gasteiger partial charge in [0, 0.05) is 30.1 Å². The third kappa shape index (κ3) is 3.95. The number of carbonyl (C=O) groups excluding carboxylic acids is 1. The summed E-state index contributed by atoms with van der Waals surface area (Å²) in [5.41, 5.74) is 4.11. The van der Waals surface area contributed by atoms with Gasteiger partial charge in [-0.3, -0.25) is 4.79 Å². The quantitative estimate of drug-likeness (QED) is 0.476. The fraction of sp³-hybridized carbons (Fsp3) is 0.308. The Morgan fingerprint density at radius 3 is 2.67 bits per heavy atom. The molecule has 0 saturated heterocycles. The Bertz CT molecular complexity index is 1300. The molecular weight excluding hydrogens is 412 g/mol. The lowest BCUT2D eigenvalue weighted by atomic mass is 10.1. The predicted octanol–water partition coefficient (Wildman–Crippen LogP) is 4.99. The number of fused-ring (bicyclic) bond motifs is 1. The van der Waals surface area contributed by atoms with E-state index in [0.29, 0.717) is 11.6 Å². The Hall–Kier alpha value is -3.74. The van der Waals surface area contributed by atoms with Gasteiger partial charge in [-0.25, -0.2) is 4.68 Å². The van der Waals surface area contributed by atoms with Crippen LogP contribution < -0.4 is 5.32 Å². The summed E-state index contributed by atoms with van der Waals surface area (Å²) in [4.78, 5) is 13.3. The van der Waals surface area contributed by atoms with Crippen LogP contribution in [0.25, 0.3) is 17.1 Å². The van der Waals surface area contributed by atoms with Gasteiger partial charge < -0.3 is 9.88 Å². The number of hydrogen-bond donors (Lipinski definition) is 1. The molecule has 0 unspecified atom stereocenters. The standard InChI is InChI=1S/C26H26N6O/c33-26(23-17-22(18-13-14-18)30-32(23)21-10-3-1-4-11-21)27-20-9-7-8-19(16-20)25-29-28-24-12-5-2-6-15-31(24)25/h1,3-4,7-11,16-18H,2,5-6,12-15H2,(H,27,33). The largest absolute Gasteiger partial charge is 0.321 e. The number of rotatable bonds is 5. The SMILES string of the molecule is O=C(Nc1cccc(-c2nnc3n2CCCCC3)c1)c1cc(C2CC2)nn1-c1ccccc1. The van der Waals surface area contributed by atoms with Crippen molar-refractivity contribution < 1.29 is 4.79 Å². The maximum Gasteiger partial charge on any atom is 0.274 e. The first-order chi connectivity index (χ1) is 16.3. The highest BCUT2D eigenvalue weighted by Gasteiger charge is 2.29. The highest BCUT2D eigenvalue weighted by Crippen LogP contribution is 2.39. The van der Waals surface area contributed by atoms with Crippen LogP contribution >= 0.6 is 0 Å². The molecule has 6 rings (SSSR count). The average molecular weight is 439 g/mol. The monoisotopic (exact) mass is 438 g/mol. The van der Waals surface area contributed by atoms with Crippen molar-refractivity contribution in [3.63, 3.8) is 0 Å². The number of aromatic nitrogens is 5. The van der Waals surface area contributed by atoms with E-state index in [4.69, 9.17) is 5.10 Å².